The van der Waals surface area contributed by atoms with E-state index in [-0.39, 0.29) is 0 Å². The third-order valence-electron chi connectivity index (χ3n) is 13.7. The van der Waals surface area contributed by atoms with Crippen LogP contribution >= 0.6 is 0 Å². The molecule has 6 bridgehead atoms. The maximum Gasteiger partial charge on any atom is -0.00675 e. The molecule has 11 atom stereocenters. The molecular weight excluding hydrogens is 613 g/mol. The number of rotatable bonds is 4. The summed E-state index contributed by atoms with van der Waals surface area (Å²) in [7, 11) is 0. The van der Waals surface area contributed by atoms with Crippen LogP contribution in [0.4, 0.5) is 0 Å². The van der Waals surface area contributed by atoms with Crippen LogP contribution in [0.2, 0.25) is 0 Å². The Labute approximate surface area is 309 Å². The monoisotopic (exact) mass is 672 g/mol. The molecule has 0 aliphatic heterocycles. The van der Waals surface area contributed by atoms with Gasteiger partial charge in [-0.15, -0.1) is 0 Å². The van der Waals surface area contributed by atoms with E-state index in [4.69, 9.17) is 0 Å². The molecule has 3 saturated carbocycles. The molecule has 0 spiro atoms. The minimum absolute atomic E-state index is 0.784. The Bertz CT molecular complexity index is 1790. The molecule has 6 aliphatic rings. The first-order chi connectivity index (χ1) is 24.9. The highest BCUT2D eigenvalue weighted by Gasteiger charge is 2.50. The molecule has 51 heavy (non-hydrogen) atoms. The summed E-state index contributed by atoms with van der Waals surface area (Å²) >= 11 is 0. The van der Waals surface area contributed by atoms with Crippen molar-refractivity contribution >= 4 is 0 Å². The average molecular weight is 673 g/mol. The van der Waals surface area contributed by atoms with E-state index < -0.39 is 0 Å². The normalized spacial score (nSPS) is 32.5. The Balaban J connectivity index is 0.000000108. The second-order valence-corrected chi connectivity index (χ2v) is 16.5. The number of fused-ring (bicyclic) bond motifs is 6. The smallest absolute Gasteiger partial charge is 0.00675 e. The van der Waals surface area contributed by atoms with E-state index in [9.17, 15) is 0 Å². The van der Waals surface area contributed by atoms with Gasteiger partial charge in [0.25, 0.3) is 0 Å². The van der Waals surface area contributed by atoms with Gasteiger partial charge in [0.15, 0.2) is 0 Å². The summed E-state index contributed by atoms with van der Waals surface area (Å²) in [5.41, 5.74) is 8.34. The largest absolute Gasteiger partial charge is 0.0851 e. The molecule has 0 N–H and O–H groups in total. The predicted molar refractivity (Wildman–Crippen MR) is 218 cm³/mol. The van der Waals surface area contributed by atoms with Crippen LogP contribution in [0.15, 0.2) is 146 Å². The van der Waals surface area contributed by atoms with Crippen molar-refractivity contribution in [1.29, 1.82) is 0 Å². The van der Waals surface area contributed by atoms with Crippen molar-refractivity contribution in [2.75, 3.05) is 0 Å². The van der Waals surface area contributed by atoms with E-state index in [1.165, 1.54) is 59.1 Å². The summed E-state index contributed by atoms with van der Waals surface area (Å²) in [6, 6.07) is 38.4. The molecule has 0 radical (unpaired) electrons. The van der Waals surface area contributed by atoms with E-state index in [1.807, 2.05) is 6.07 Å². The van der Waals surface area contributed by atoms with Crippen molar-refractivity contribution in [2.45, 2.75) is 72.6 Å². The summed E-state index contributed by atoms with van der Waals surface area (Å²) in [4.78, 5) is 0. The highest BCUT2D eigenvalue weighted by atomic mass is 14.5. The molecule has 0 nitrogen and oxygen atoms in total. The van der Waals surface area contributed by atoms with Crippen LogP contribution in [0.1, 0.15) is 74.6 Å². The lowest BCUT2D eigenvalue weighted by molar-refractivity contribution is 0.193. The fourth-order valence-electron chi connectivity index (χ4n) is 10.9. The summed E-state index contributed by atoms with van der Waals surface area (Å²) < 4.78 is 0. The molecule has 264 valence electrons. The standard InChI is InChI=1S/C15H20.C14H16.C13H12.C9H12/c1-9-11-4-5-13(8-11)15(9)14-7-10-2-3-12(14)6-10;1-10-12-7-8-13(9-12)14(10)11-5-3-2-4-6-11;1-11-7-5-6-10-13(11)12-8-3-2-4-9-12;1-3-9-7-5-4-6-8(9)2/h2-5,9-15H,6-8H2,1H3;2-8,10,12-14H,9H2,1H3;2-10H,1H3;4-7H,3H2,1-2H3. The number of allylic oxidation sites excluding steroid dienone is 6. The van der Waals surface area contributed by atoms with Crippen LogP contribution in [-0.4, -0.2) is 0 Å². The van der Waals surface area contributed by atoms with Gasteiger partial charge in [-0.1, -0.05) is 166 Å². The average Bonchev–Trinajstić information content (AvgIpc) is 4.04. The van der Waals surface area contributed by atoms with Gasteiger partial charge >= 0.3 is 0 Å². The van der Waals surface area contributed by atoms with Crippen molar-refractivity contribution in [3.8, 4) is 11.1 Å². The molecule has 0 heteroatoms. The van der Waals surface area contributed by atoms with Crippen molar-refractivity contribution in [3.63, 3.8) is 0 Å². The molecule has 10 rings (SSSR count). The Morgan fingerprint density at radius 1 is 0.490 bits per heavy atom. The molecule has 4 aromatic carbocycles. The second kappa shape index (κ2) is 16.2. The predicted octanol–water partition coefficient (Wildman–Crippen LogP) is 13.5. The van der Waals surface area contributed by atoms with Gasteiger partial charge in [-0.3, -0.25) is 0 Å². The van der Waals surface area contributed by atoms with E-state index in [1.54, 1.807) is 0 Å². The number of aryl methyl sites for hydroxylation is 3. The SMILES string of the molecule is CC1C2C=CC(C2)C1C1CC2C=CC1C2.CC1C2C=CC(C2)C1c1ccccc1.CCc1ccccc1C.Cc1ccccc1-c1ccccc1. The summed E-state index contributed by atoms with van der Waals surface area (Å²) in [6.07, 6.45) is 21.9. The zero-order valence-corrected chi connectivity index (χ0v) is 31.7. The zero-order valence-electron chi connectivity index (χ0n) is 31.7. The Kier molecular flexibility index (Phi) is 11.3. The van der Waals surface area contributed by atoms with Gasteiger partial charge in [-0.2, -0.15) is 0 Å². The third-order valence-corrected chi connectivity index (χ3v) is 13.7. The van der Waals surface area contributed by atoms with Crippen molar-refractivity contribution in [3.05, 3.63) is 168 Å². The maximum absolute atomic E-state index is 2.53. The molecular formula is C51H60. The van der Waals surface area contributed by atoms with Gasteiger partial charge in [0, 0.05) is 0 Å². The third kappa shape index (κ3) is 7.82. The highest BCUT2D eigenvalue weighted by Crippen LogP contribution is 2.58. The van der Waals surface area contributed by atoms with Gasteiger partial charge < -0.3 is 0 Å². The number of benzene rings is 4. The van der Waals surface area contributed by atoms with E-state index in [2.05, 4.69) is 174 Å². The summed E-state index contributed by atoms with van der Waals surface area (Å²) in [5.74, 6) is 10.1. The van der Waals surface area contributed by atoms with Gasteiger partial charge in [0.2, 0.25) is 0 Å². The zero-order chi connectivity index (χ0) is 35.3. The van der Waals surface area contributed by atoms with Crippen LogP contribution in [0.5, 0.6) is 0 Å². The van der Waals surface area contributed by atoms with E-state index in [0.717, 1.165) is 71.5 Å². The lowest BCUT2D eigenvalue weighted by Gasteiger charge is -2.34. The van der Waals surface area contributed by atoms with Gasteiger partial charge in [0.05, 0.1) is 0 Å². The van der Waals surface area contributed by atoms with Crippen LogP contribution in [0, 0.1) is 73.0 Å². The first-order valence-electron chi connectivity index (χ1n) is 20.2. The fourth-order valence-corrected chi connectivity index (χ4v) is 10.9. The summed E-state index contributed by atoms with van der Waals surface area (Å²) in [5, 5.41) is 0. The Hall–Kier alpha value is -3.90. The summed E-state index contributed by atoms with van der Waals surface area (Å²) in [6.45, 7) is 11.4. The van der Waals surface area contributed by atoms with Crippen LogP contribution < -0.4 is 0 Å². The minimum atomic E-state index is 0.784. The van der Waals surface area contributed by atoms with Gasteiger partial charge in [-0.25, -0.2) is 0 Å². The molecule has 3 fully saturated rings. The second-order valence-electron chi connectivity index (χ2n) is 16.5. The Morgan fingerprint density at radius 2 is 1.06 bits per heavy atom. The quantitative estimate of drug-likeness (QED) is 0.189. The lowest BCUT2D eigenvalue weighted by Crippen LogP contribution is -2.28. The van der Waals surface area contributed by atoms with E-state index in [0.29, 0.717) is 0 Å². The van der Waals surface area contributed by atoms with E-state index >= 15 is 0 Å². The number of hydrogen-bond acceptors (Lipinski definition) is 0. The molecule has 0 saturated heterocycles. The minimum Gasteiger partial charge on any atom is -0.0851 e. The number of hydrogen-bond donors (Lipinski definition) is 0. The van der Waals surface area contributed by atoms with Crippen LogP contribution in [0.25, 0.3) is 11.1 Å². The highest BCUT2D eigenvalue weighted by molar-refractivity contribution is 5.66. The van der Waals surface area contributed by atoms with Crippen molar-refractivity contribution in [2.24, 2.45) is 59.2 Å². The first kappa shape index (κ1) is 35.5. The topological polar surface area (TPSA) is 0 Å². The van der Waals surface area contributed by atoms with Crippen molar-refractivity contribution < 1.29 is 0 Å². The van der Waals surface area contributed by atoms with Crippen LogP contribution in [0.3, 0.4) is 0 Å². The molecule has 11 unspecified atom stereocenters. The Morgan fingerprint density at radius 3 is 1.61 bits per heavy atom. The maximum atomic E-state index is 2.53. The molecule has 0 aromatic heterocycles. The fraction of sp³-hybridized carbons (Fsp3) is 0.412. The first-order valence-corrected chi connectivity index (χ1v) is 20.2. The molecule has 0 amide bonds. The molecule has 6 aliphatic carbocycles. The van der Waals surface area contributed by atoms with Gasteiger partial charge in [-0.05, 0) is 144 Å². The lowest BCUT2D eigenvalue weighted by atomic mass is 9.71. The molecule has 0 heterocycles. The van der Waals surface area contributed by atoms with Crippen molar-refractivity contribution in [1.82, 2.24) is 0 Å². The van der Waals surface area contributed by atoms with Crippen LogP contribution in [-0.2, 0) is 6.42 Å². The van der Waals surface area contributed by atoms with Gasteiger partial charge in [0.1, 0.15) is 0 Å². The molecule has 4 aromatic rings.